The molecule has 1 saturated heterocycles. The highest BCUT2D eigenvalue weighted by Gasteiger charge is 2.44. The summed E-state index contributed by atoms with van der Waals surface area (Å²) in [5, 5.41) is 18.1. The average Bonchev–Trinajstić information content (AvgIpc) is 3.04. The van der Waals surface area contributed by atoms with Crippen molar-refractivity contribution in [3.63, 3.8) is 0 Å². The van der Waals surface area contributed by atoms with Crippen molar-refractivity contribution in [2.75, 3.05) is 13.1 Å². The summed E-state index contributed by atoms with van der Waals surface area (Å²) in [5.74, 6) is -3.62. The third-order valence-corrected chi connectivity index (χ3v) is 3.94. The normalized spacial score (nSPS) is 18.0. The van der Waals surface area contributed by atoms with Crippen molar-refractivity contribution in [2.45, 2.75) is 25.0 Å². The van der Waals surface area contributed by atoms with E-state index in [4.69, 9.17) is 10.8 Å². The molecule has 1 aromatic carbocycles. The van der Waals surface area contributed by atoms with E-state index in [1.54, 1.807) is 30.3 Å². The molecule has 134 valence electrons. The number of carboxylic acids is 2. The molecule has 1 heterocycles. The van der Waals surface area contributed by atoms with E-state index in [0.717, 1.165) is 9.80 Å². The molecule has 2 unspecified atom stereocenters. The van der Waals surface area contributed by atoms with Crippen molar-refractivity contribution in [1.29, 1.82) is 0 Å². The molecule has 1 aliphatic heterocycles. The SMILES string of the molecule is NC(CCC(=O)O)C(=O)N1CCN(C(=O)c2ccccc2)C1C(=O)O. The number of hydrogen-bond acceptors (Lipinski definition) is 5. The van der Waals surface area contributed by atoms with E-state index >= 15 is 0 Å². The molecule has 4 N–H and O–H groups in total. The Morgan fingerprint density at radius 2 is 1.68 bits per heavy atom. The summed E-state index contributed by atoms with van der Waals surface area (Å²) in [6.45, 7) is 0.0806. The predicted octanol–water partition coefficient (Wildman–Crippen LogP) is -0.426. The largest absolute Gasteiger partial charge is 0.481 e. The lowest BCUT2D eigenvalue weighted by molar-refractivity contribution is -0.152. The van der Waals surface area contributed by atoms with Gasteiger partial charge in [-0.1, -0.05) is 18.2 Å². The van der Waals surface area contributed by atoms with Crippen molar-refractivity contribution in [3.8, 4) is 0 Å². The molecule has 0 spiro atoms. The number of benzene rings is 1. The Hall–Kier alpha value is -2.94. The van der Waals surface area contributed by atoms with Gasteiger partial charge in [0.05, 0.1) is 6.04 Å². The maximum Gasteiger partial charge on any atom is 0.347 e. The van der Waals surface area contributed by atoms with Crippen LogP contribution >= 0.6 is 0 Å². The standard InChI is InChI=1S/C16H19N3O6/c17-11(6-7-12(20)21)15(23)19-9-8-18(13(19)16(24)25)14(22)10-4-2-1-3-5-10/h1-5,11,13H,6-9,17H2,(H,20,21)(H,24,25). The van der Waals surface area contributed by atoms with Crippen LogP contribution in [0.4, 0.5) is 0 Å². The molecule has 2 rings (SSSR count). The Bertz CT molecular complexity index is 678. The number of nitrogens with zero attached hydrogens (tertiary/aromatic N) is 2. The van der Waals surface area contributed by atoms with Gasteiger partial charge in [0.2, 0.25) is 12.1 Å². The van der Waals surface area contributed by atoms with Gasteiger partial charge < -0.3 is 25.7 Å². The molecule has 1 fully saturated rings. The number of amides is 2. The molecule has 2 amide bonds. The molecular formula is C16H19N3O6. The summed E-state index contributed by atoms with van der Waals surface area (Å²) in [5.41, 5.74) is 6.01. The second-order valence-corrected chi connectivity index (χ2v) is 5.65. The van der Waals surface area contributed by atoms with Crippen molar-refractivity contribution in [1.82, 2.24) is 9.80 Å². The van der Waals surface area contributed by atoms with Crippen molar-refractivity contribution in [3.05, 3.63) is 35.9 Å². The number of carboxylic acid groups (broad SMARTS) is 2. The van der Waals surface area contributed by atoms with Crippen LogP contribution in [0.25, 0.3) is 0 Å². The molecular weight excluding hydrogens is 330 g/mol. The van der Waals surface area contributed by atoms with Crippen molar-refractivity contribution in [2.24, 2.45) is 5.73 Å². The van der Waals surface area contributed by atoms with Gasteiger partial charge >= 0.3 is 11.9 Å². The first-order valence-corrected chi connectivity index (χ1v) is 7.69. The van der Waals surface area contributed by atoms with E-state index in [1.165, 1.54) is 0 Å². The number of carbonyl (C=O) groups is 4. The van der Waals surface area contributed by atoms with Gasteiger partial charge in [-0.25, -0.2) is 4.79 Å². The van der Waals surface area contributed by atoms with Gasteiger partial charge in [0.15, 0.2) is 0 Å². The summed E-state index contributed by atoms with van der Waals surface area (Å²) in [4.78, 5) is 49.2. The summed E-state index contributed by atoms with van der Waals surface area (Å²) in [6.07, 6.45) is -1.87. The van der Waals surface area contributed by atoms with Crippen LogP contribution in [0.1, 0.15) is 23.2 Å². The number of carbonyl (C=O) groups excluding carboxylic acids is 2. The minimum absolute atomic E-state index is 0.0230. The highest BCUT2D eigenvalue weighted by atomic mass is 16.4. The van der Waals surface area contributed by atoms with Crippen LogP contribution < -0.4 is 5.73 Å². The summed E-state index contributed by atoms with van der Waals surface area (Å²) >= 11 is 0. The molecule has 1 aliphatic rings. The zero-order chi connectivity index (χ0) is 18.6. The molecule has 9 heteroatoms. The summed E-state index contributed by atoms with van der Waals surface area (Å²) in [6, 6.07) is 7.03. The van der Waals surface area contributed by atoms with Gasteiger partial charge in [0, 0.05) is 25.1 Å². The first-order valence-electron chi connectivity index (χ1n) is 7.69. The minimum atomic E-state index is -1.46. The first kappa shape index (κ1) is 18.4. The average molecular weight is 349 g/mol. The molecule has 0 bridgehead atoms. The number of hydrogen-bond donors (Lipinski definition) is 3. The van der Waals surface area contributed by atoms with Gasteiger partial charge in [-0.05, 0) is 18.6 Å². The number of aliphatic carboxylic acids is 2. The van der Waals surface area contributed by atoms with E-state index in [-0.39, 0.29) is 25.9 Å². The van der Waals surface area contributed by atoms with Gasteiger partial charge in [-0.2, -0.15) is 0 Å². The van der Waals surface area contributed by atoms with E-state index in [2.05, 4.69) is 0 Å². The smallest absolute Gasteiger partial charge is 0.347 e. The second kappa shape index (κ2) is 7.75. The molecule has 0 aliphatic carbocycles. The number of nitrogens with two attached hydrogens (primary N) is 1. The van der Waals surface area contributed by atoms with Gasteiger partial charge in [0.1, 0.15) is 0 Å². The Labute approximate surface area is 143 Å². The molecule has 2 atom stereocenters. The maximum absolute atomic E-state index is 12.5. The monoisotopic (exact) mass is 349 g/mol. The first-order chi connectivity index (χ1) is 11.8. The van der Waals surface area contributed by atoms with Crippen LogP contribution in [0.2, 0.25) is 0 Å². The molecule has 25 heavy (non-hydrogen) atoms. The van der Waals surface area contributed by atoms with Gasteiger partial charge in [-0.15, -0.1) is 0 Å². The molecule has 0 aromatic heterocycles. The lowest BCUT2D eigenvalue weighted by atomic mass is 10.1. The fourth-order valence-corrected chi connectivity index (χ4v) is 2.70. The third kappa shape index (κ3) is 4.13. The fourth-order valence-electron chi connectivity index (χ4n) is 2.70. The zero-order valence-electron chi connectivity index (χ0n) is 13.4. The summed E-state index contributed by atoms with van der Waals surface area (Å²) in [7, 11) is 0. The predicted molar refractivity (Wildman–Crippen MR) is 85.5 cm³/mol. The lowest BCUT2D eigenvalue weighted by Gasteiger charge is -2.28. The molecule has 0 radical (unpaired) electrons. The zero-order valence-corrected chi connectivity index (χ0v) is 13.4. The quantitative estimate of drug-likeness (QED) is 0.633. The number of rotatable bonds is 6. The van der Waals surface area contributed by atoms with Crippen LogP contribution in [-0.4, -0.2) is 69.1 Å². The van der Waals surface area contributed by atoms with Gasteiger partial charge in [0.25, 0.3) is 5.91 Å². The van der Waals surface area contributed by atoms with Crippen LogP contribution in [0.3, 0.4) is 0 Å². The minimum Gasteiger partial charge on any atom is -0.481 e. The fraction of sp³-hybridized carbons (Fsp3) is 0.375. The lowest BCUT2D eigenvalue weighted by Crippen LogP contribution is -2.53. The maximum atomic E-state index is 12.5. The summed E-state index contributed by atoms with van der Waals surface area (Å²) < 4.78 is 0. The molecule has 9 nitrogen and oxygen atoms in total. The van der Waals surface area contributed by atoms with E-state index in [0.29, 0.717) is 5.56 Å². The highest BCUT2D eigenvalue weighted by molar-refractivity contribution is 5.98. The van der Waals surface area contributed by atoms with Crippen molar-refractivity contribution < 1.29 is 29.4 Å². The van der Waals surface area contributed by atoms with Crippen LogP contribution in [0, 0.1) is 0 Å². The van der Waals surface area contributed by atoms with Crippen LogP contribution in [0.15, 0.2) is 30.3 Å². The topological polar surface area (TPSA) is 141 Å². The Morgan fingerprint density at radius 1 is 1.08 bits per heavy atom. The van der Waals surface area contributed by atoms with Crippen LogP contribution in [-0.2, 0) is 14.4 Å². The highest BCUT2D eigenvalue weighted by Crippen LogP contribution is 2.20. The van der Waals surface area contributed by atoms with E-state index < -0.39 is 36.0 Å². The second-order valence-electron chi connectivity index (χ2n) is 5.65. The van der Waals surface area contributed by atoms with E-state index in [1.807, 2.05) is 0 Å². The Morgan fingerprint density at radius 3 is 2.24 bits per heavy atom. The van der Waals surface area contributed by atoms with Gasteiger partial charge in [-0.3, -0.25) is 14.4 Å². The Kier molecular flexibility index (Phi) is 5.71. The van der Waals surface area contributed by atoms with E-state index in [9.17, 15) is 24.3 Å². The Balaban J connectivity index is 2.16. The third-order valence-electron chi connectivity index (χ3n) is 3.94. The van der Waals surface area contributed by atoms with Crippen molar-refractivity contribution >= 4 is 23.8 Å². The van der Waals surface area contributed by atoms with Crippen LogP contribution in [0.5, 0.6) is 0 Å². The molecule has 1 aromatic rings. The molecule has 0 saturated carbocycles.